The van der Waals surface area contributed by atoms with Crippen LogP contribution >= 0.6 is 0 Å². The van der Waals surface area contributed by atoms with Crippen molar-refractivity contribution < 1.29 is 0 Å². The normalized spacial score (nSPS) is 15.9. The molecule has 0 saturated heterocycles. The summed E-state index contributed by atoms with van der Waals surface area (Å²) in [6.45, 7) is 4.48. The van der Waals surface area contributed by atoms with Crippen LogP contribution in [0.5, 0.6) is 0 Å². The number of pyridine rings is 1. The molecule has 0 unspecified atom stereocenters. The fraction of sp³-hybridized carbons (Fsp3) is 0.400. The molecule has 1 aliphatic rings. The van der Waals surface area contributed by atoms with E-state index in [1.807, 2.05) is 0 Å². The Balaban J connectivity index is 2.24. The van der Waals surface area contributed by atoms with Gasteiger partial charge in [-0.25, -0.2) is 0 Å². The third-order valence-corrected chi connectivity index (χ3v) is 3.35. The van der Waals surface area contributed by atoms with Gasteiger partial charge in [-0.15, -0.1) is 0 Å². The van der Waals surface area contributed by atoms with E-state index in [4.69, 9.17) is 4.98 Å². The number of para-hydroxylation sites is 1. The minimum atomic E-state index is 0.528. The van der Waals surface area contributed by atoms with Gasteiger partial charge in [-0.05, 0) is 42.4 Å². The fourth-order valence-electron chi connectivity index (χ4n) is 2.33. The van der Waals surface area contributed by atoms with Gasteiger partial charge in [-0.2, -0.15) is 0 Å². The third kappa shape index (κ3) is 1.60. The molecule has 0 aliphatic heterocycles. The van der Waals surface area contributed by atoms with Crippen LogP contribution in [0.4, 0.5) is 0 Å². The first-order valence-electron chi connectivity index (χ1n) is 6.15. The van der Waals surface area contributed by atoms with Crippen molar-refractivity contribution in [2.45, 2.75) is 38.5 Å². The van der Waals surface area contributed by atoms with Crippen molar-refractivity contribution in [3.63, 3.8) is 0 Å². The van der Waals surface area contributed by atoms with E-state index in [9.17, 15) is 0 Å². The summed E-state index contributed by atoms with van der Waals surface area (Å²) in [4.78, 5) is 4.84. The average molecular weight is 211 g/mol. The van der Waals surface area contributed by atoms with E-state index >= 15 is 0 Å². The monoisotopic (exact) mass is 211 g/mol. The van der Waals surface area contributed by atoms with Crippen LogP contribution in [0, 0.1) is 0 Å². The van der Waals surface area contributed by atoms with Gasteiger partial charge in [0.05, 0.1) is 5.52 Å². The van der Waals surface area contributed by atoms with Gasteiger partial charge in [0.2, 0.25) is 0 Å². The highest BCUT2D eigenvalue weighted by molar-refractivity contribution is 5.79. The molecular formula is C15H17N. The second-order valence-electron chi connectivity index (χ2n) is 5.08. The molecule has 2 aromatic rings. The Kier molecular flexibility index (Phi) is 2.20. The molecule has 0 radical (unpaired) electrons. The highest BCUT2D eigenvalue weighted by Crippen LogP contribution is 2.43. The minimum Gasteiger partial charge on any atom is -0.252 e. The van der Waals surface area contributed by atoms with Crippen LogP contribution in [-0.2, 0) is 0 Å². The maximum atomic E-state index is 4.84. The minimum absolute atomic E-state index is 0.528. The standard InChI is InChI=1S/C15H17N/c1-10(2)15-13(11-7-8-11)9-12-5-3-4-6-14(12)16-15/h3-6,9-11H,7-8H2,1-2H3. The van der Waals surface area contributed by atoms with E-state index in [1.165, 1.54) is 29.5 Å². The summed E-state index contributed by atoms with van der Waals surface area (Å²) in [6, 6.07) is 10.8. The molecule has 1 aromatic carbocycles. The summed E-state index contributed by atoms with van der Waals surface area (Å²) in [5.74, 6) is 1.31. The lowest BCUT2D eigenvalue weighted by atomic mass is 9.98. The predicted octanol–water partition coefficient (Wildman–Crippen LogP) is 4.24. The lowest BCUT2D eigenvalue weighted by molar-refractivity contribution is 0.805. The van der Waals surface area contributed by atoms with Crippen molar-refractivity contribution in [1.29, 1.82) is 0 Å². The lowest BCUT2D eigenvalue weighted by Gasteiger charge is -2.12. The van der Waals surface area contributed by atoms with Crippen LogP contribution in [0.15, 0.2) is 30.3 Å². The third-order valence-electron chi connectivity index (χ3n) is 3.35. The maximum absolute atomic E-state index is 4.84. The van der Waals surface area contributed by atoms with Crippen LogP contribution in [0.2, 0.25) is 0 Å². The molecule has 1 aromatic heterocycles. The summed E-state index contributed by atoms with van der Waals surface area (Å²) in [5.41, 5.74) is 3.94. The Bertz CT molecular complexity index is 483. The Labute approximate surface area is 96.5 Å². The second kappa shape index (κ2) is 3.58. The smallest absolute Gasteiger partial charge is 0.0705 e. The van der Waals surface area contributed by atoms with Gasteiger partial charge in [-0.1, -0.05) is 32.0 Å². The van der Waals surface area contributed by atoms with E-state index in [0.29, 0.717) is 5.92 Å². The van der Waals surface area contributed by atoms with Crippen LogP contribution in [0.1, 0.15) is 49.8 Å². The predicted molar refractivity (Wildman–Crippen MR) is 67.8 cm³/mol. The van der Waals surface area contributed by atoms with Gasteiger partial charge in [0.1, 0.15) is 0 Å². The molecule has 1 saturated carbocycles. The first-order valence-corrected chi connectivity index (χ1v) is 6.15. The molecule has 1 nitrogen and oxygen atoms in total. The maximum Gasteiger partial charge on any atom is 0.0705 e. The Morgan fingerprint density at radius 3 is 2.62 bits per heavy atom. The van der Waals surface area contributed by atoms with E-state index < -0.39 is 0 Å². The molecule has 0 atom stereocenters. The fourth-order valence-corrected chi connectivity index (χ4v) is 2.33. The first kappa shape index (κ1) is 9.83. The van der Waals surface area contributed by atoms with Crippen LogP contribution in [-0.4, -0.2) is 4.98 Å². The number of aromatic nitrogens is 1. The van der Waals surface area contributed by atoms with E-state index in [-0.39, 0.29) is 0 Å². The largest absolute Gasteiger partial charge is 0.252 e. The molecule has 16 heavy (non-hydrogen) atoms. The summed E-state index contributed by atoms with van der Waals surface area (Å²) < 4.78 is 0. The molecule has 0 bridgehead atoms. The number of hydrogen-bond acceptors (Lipinski definition) is 1. The van der Waals surface area contributed by atoms with Crippen molar-refractivity contribution in [3.8, 4) is 0 Å². The zero-order valence-electron chi connectivity index (χ0n) is 9.90. The molecule has 82 valence electrons. The number of nitrogens with zero attached hydrogens (tertiary/aromatic N) is 1. The first-order chi connectivity index (χ1) is 7.75. The number of hydrogen-bond donors (Lipinski definition) is 0. The van der Waals surface area contributed by atoms with E-state index in [2.05, 4.69) is 44.2 Å². The summed E-state index contributed by atoms with van der Waals surface area (Å²) in [6.07, 6.45) is 2.69. The van der Waals surface area contributed by atoms with E-state index in [1.54, 1.807) is 0 Å². The molecule has 1 aliphatic carbocycles. The van der Waals surface area contributed by atoms with Gasteiger partial charge in [0.25, 0.3) is 0 Å². The molecule has 1 fully saturated rings. The summed E-state index contributed by atoms with van der Waals surface area (Å²) in [7, 11) is 0. The zero-order chi connectivity index (χ0) is 11.1. The molecule has 1 heterocycles. The van der Waals surface area contributed by atoms with Gasteiger partial charge in [0.15, 0.2) is 0 Å². The van der Waals surface area contributed by atoms with Crippen molar-refractivity contribution >= 4 is 10.9 Å². The van der Waals surface area contributed by atoms with Crippen LogP contribution in [0.25, 0.3) is 10.9 Å². The van der Waals surface area contributed by atoms with E-state index in [0.717, 1.165) is 11.4 Å². The molecule has 0 amide bonds. The molecule has 1 heteroatoms. The second-order valence-corrected chi connectivity index (χ2v) is 5.08. The van der Waals surface area contributed by atoms with Crippen molar-refractivity contribution in [3.05, 3.63) is 41.6 Å². The summed E-state index contributed by atoms with van der Waals surface area (Å²) >= 11 is 0. The average Bonchev–Trinajstić information content (AvgIpc) is 3.11. The SMILES string of the molecule is CC(C)c1nc2ccccc2cc1C1CC1. The molecule has 0 N–H and O–H groups in total. The van der Waals surface area contributed by atoms with Gasteiger partial charge >= 0.3 is 0 Å². The molecule has 0 spiro atoms. The molecular weight excluding hydrogens is 194 g/mol. The van der Waals surface area contributed by atoms with Gasteiger partial charge in [-0.3, -0.25) is 4.98 Å². The Morgan fingerprint density at radius 1 is 1.19 bits per heavy atom. The van der Waals surface area contributed by atoms with Crippen molar-refractivity contribution in [1.82, 2.24) is 4.98 Å². The summed E-state index contributed by atoms with van der Waals surface area (Å²) in [5, 5.41) is 1.29. The lowest BCUT2D eigenvalue weighted by Crippen LogP contribution is -1.99. The van der Waals surface area contributed by atoms with Crippen LogP contribution < -0.4 is 0 Å². The topological polar surface area (TPSA) is 12.9 Å². The Hall–Kier alpha value is -1.37. The number of rotatable bonds is 2. The number of fused-ring (bicyclic) bond motifs is 1. The Morgan fingerprint density at radius 2 is 1.94 bits per heavy atom. The quantitative estimate of drug-likeness (QED) is 0.724. The number of benzene rings is 1. The highest BCUT2D eigenvalue weighted by atomic mass is 14.7. The molecule has 3 rings (SSSR count). The van der Waals surface area contributed by atoms with Crippen LogP contribution in [0.3, 0.4) is 0 Å². The van der Waals surface area contributed by atoms with Gasteiger partial charge < -0.3 is 0 Å². The highest BCUT2D eigenvalue weighted by Gasteiger charge is 2.27. The van der Waals surface area contributed by atoms with Crippen molar-refractivity contribution in [2.24, 2.45) is 0 Å². The van der Waals surface area contributed by atoms with Gasteiger partial charge in [0, 0.05) is 11.1 Å². The van der Waals surface area contributed by atoms with Crippen molar-refractivity contribution in [2.75, 3.05) is 0 Å². The zero-order valence-corrected chi connectivity index (χ0v) is 9.90.